The Morgan fingerprint density at radius 3 is 2.89 bits per heavy atom. The summed E-state index contributed by atoms with van der Waals surface area (Å²) in [4.78, 5) is 24.0. The SMILES string of the molecule is COc1ccc2nc(-n3c(O)c(C4=c5ccccc5=NC4=O)[nH]c3=S)sc2c1. The number of rotatable bonds is 3. The topological polar surface area (TPSA) is 92.5 Å². The number of ether oxygens (including phenoxy) is 1. The van der Waals surface area contributed by atoms with Crippen LogP contribution in [0.1, 0.15) is 5.69 Å². The molecule has 3 heterocycles. The summed E-state index contributed by atoms with van der Waals surface area (Å²) in [5.74, 6) is 0.121. The van der Waals surface area contributed by atoms with Crippen LogP contribution >= 0.6 is 23.6 Å². The third-order valence-electron chi connectivity index (χ3n) is 4.51. The van der Waals surface area contributed by atoms with E-state index in [9.17, 15) is 9.90 Å². The second-order valence-corrected chi connectivity index (χ2v) is 7.50. The summed E-state index contributed by atoms with van der Waals surface area (Å²) in [6.07, 6.45) is 0. The summed E-state index contributed by atoms with van der Waals surface area (Å²) >= 11 is 6.76. The summed E-state index contributed by atoms with van der Waals surface area (Å²) in [7, 11) is 1.60. The molecule has 7 nitrogen and oxygen atoms in total. The number of fused-ring (bicyclic) bond motifs is 2. The van der Waals surface area contributed by atoms with Gasteiger partial charge in [-0.15, -0.1) is 0 Å². The maximum Gasteiger partial charge on any atom is 0.280 e. The van der Waals surface area contributed by atoms with Gasteiger partial charge in [-0.1, -0.05) is 29.5 Å². The van der Waals surface area contributed by atoms with Crippen molar-refractivity contribution in [1.82, 2.24) is 14.5 Å². The molecule has 138 valence electrons. The predicted octanol–water partition coefficient (Wildman–Crippen LogP) is 2.22. The van der Waals surface area contributed by atoms with E-state index in [4.69, 9.17) is 17.0 Å². The zero-order chi connectivity index (χ0) is 19.4. The van der Waals surface area contributed by atoms with E-state index >= 15 is 0 Å². The largest absolute Gasteiger partial charge is 0.497 e. The molecule has 5 rings (SSSR count). The van der Waals surface area contributed by atoms with Crippen molar-refractivity contribution >= 4 is 45.3 Å². The Labute approximate surface area is 166 Å². The molecular weight excluding hydrogens is 396 g/mol. The molecule has 2 aromatic carbocycles. The summed E-state index contributed by atoms with van der Waals surface area (Å²) in [5.41, 5.74) is 1.29. The van der Waals surface area contributed by atoms with Crippen molar-refractivity contribution in [3.8, 4) is 16.8 Å². The highest BCUT2D eigenvalue weighted by molar-refractivity contribution is 7.71. The van der Waals surface area contributed by atoms with E-state index < -0.39 is 5.91 Å². The maximum absolute atomic E-state index is 12.4. The first kappa shape index (κ1) is 16.8. The number of para-hydroxylation sites is 1. The smallest absolute Gasteiger partial charge is 0.280 e. The Morgan fingerprint density at radius 1 is 1.25 bits per heavy atom. The summed E-state index contributed by atoms with van der Waals surface area (Å²) < 4.78 is 7.80. The van der Waals surface area contributed by atoms with Crippen LogP contribution in [0.2, 0.25) is 0 Å². The number of imidazole rings is 1. The highest BCUT2D eigenvalue weighted by Crippen LogP contribution is 2.33. The Balaban J connectivity index is 1.73. The lowest BCUT2D eigenvalue weighted by atomic mass is 10.1. The zero-order valence-corrected chi connectivity index (χ0v) is 16.1. The van der Waals surface area contributed by atoms with Gasteiger partial charge in [0.25, 0.3) is 5.91 Å². The fraction of sp³-hybridized carbons (Fsp3) is 0.0526. The molecule has 0 atom stereocenters. The first-order valence-electron chi connectivity index (χ1n) is 8.28. The van der Waals surface area contributed by atoms with Crippen LogP contribution in [0, 0.1) is 4.77 Å². The van der Waals surface area contributed by atoms with Crippen molar-refractivity contribution in [3.63, 3.8) is 0 Å². The second-order valence-electron chi connectivity index (χ2n) is 6.10. The van der Waals surface area contributed by atoms with E-state index in [-0.39, 0.29) is 16.3 Å². The van der Waals surface area contributed by atoms with Gasteiger partial charge in [-0.05, 0) is 36.5 Å². The number of amides is 1. The molecule has 9 heteroatoms. The van der Waals surface area contributed by atoms with Gasteiger partial charge in [0, 0.05) is 5.22 Å². The average Bonchev–Trinajstić information content (AvgIpc) is 3.33. The molecule has 2 N–H and O–H groups in total. The van der Waals surface area contributed by atoms with Gasteiger partial charge in [-0.3, -0.25) is 4.79 Å². The van der Waals surface area contributed by atoms with Crippen LogP contribution < -0.4 is 15.3 Å². The van der Waals surface area contributed by atoms with Crippen molar-refractivity contribution in [2.24, 2.45) is 4.99 Å². The van der Waals surface area contributed by atoms with Crippen molar-refractivity contribution in [2.75, 3.05) is 7.11 Å². The lowest BCUT2D eigenvalue weighted by Crippen LogP contribution is -2.22. The fourth-order valence-electron chi connectivity index (χ4n) is 3.20. The molecule has 1 aliphatic heterocycles. The Kier molecular flexibility index (Phi) is 3.68. The minimum Gasteiger partial charge on any atom is -0.497 e. The van der Waals surface area contributed by atoms with Crippen molar-refractivity contribution in [3.05, 3.63) is 63.5 Å². The van der Waals surface area contributed by atoms with Gasteiger partial charge in [-0.2, -0.15) is 0 Å². The number of nitrogens with zero attached hydrogens (tertiary/aromatic N) is 3. The minimum absolute atomic E-state index is 0.175. The van der Waals surface area contributed by atoms with Crippen LogP contribution in [0.15, 0.2) is 47.5 Å². The van der Waals surface area contributed by atoms with Gasteiger partial charge in [0.2, 0.25) is 5.88 Å². The maximum atomic E-state index is 12.4. The molecule has 4 aromatic rings. The van der Waals surface area contributed by atoms with Gasteiger partial charge in [0.05, 0.1) is 28.3 Å². The molecule has 0 fully saturated rings. The van der Waals surface area contributed by atoms with Crippen molar-refractivity contribution in [1.29, 1.82) is 0 Å². The third-order valence-corrected chi connectivity index (χ3v) is 5.79. The number of benzene rings is 2. The quantitative estimate of drug-likeness (QED) is 0.507. The Hall–Kier alpha value is -3.30. The molecule has 0 bridgehead atoms. The van der Waals surface area contributed by atoms with Crippen LogP contribution in [-0.2, 0) is 4.79 Å². The molecular formula is C19H12N4O3S2. The van der Waals surface area contributed by atoms with Gasteiger partial charge in [0.15, 0.2) is 9.90 Å². The van der Waals surface area contributed by atoms with Crippen molar-refractivity contribution in [2.45, 2.75) is 0 Å². The van der Waals surface area contributed by atoms with E-state index in [1.807, 2.05) is 24.3 Å². The molecule has 0 aliphatic carbocycles. The first-order chi connectivity index (χ1) is 13.6. The number of hydrogen-bond donors (Lipinski definition) is 2. The monoisotopic (exact) mass is 408 g/mol. The number of methoxy groups -OCH3 is 1. The molecule has 28 heavy (non-hydrogen) atoms. The molecule has 0 unspecified atom stereocenters. The van der Waals surface area contributed by atoms with E-state index in [0.29, 0.717) is 21.3 Å². The van der Waals surface area contributed by atoms with E-state index in [2.05, 4.69) is 15.0 Å². The van der Waals surface area contributed by atoms with Gasteiger partial charge in [-0.25, -0.2) is 14.5 Å². The lowest BCUT2D eigenvalue weighted by molar-refractivity contribution is -0.112. The number of H-pyrrole nitrogens is 1. The molecule has 0 saturated heterocycles. The Morgan fingerprint density at radius 2 is 2.07 bits per heavy atom. The third kappa shape index (κ3) is 2.40. The molecule has 2 aromatic heterocycles. The number of aromatic hydroxyl groups is 1. The van der Waals surface area contributed by atoms with Crippen molar-refractivity contribution < 1.29 is 14.6 Å². The van der Waals surface area contributed by atoms with E-state index in [0.717, 1.165) is 16.0 Å². The standard InChI is InChI=1S/C19H12N4O3S2/c1-26-9-6-7-12-13(8-9)28-19(21-12)23-17(25)15(22-18(23)27)14-10-4-2-3-5-11(10)20-16(14)24/h2-8,25H,1H3,(H,22,27). The van der Waals surface area contributed by atoms with Crippen LogP contribution in [0.25, 0.3) is 20.9 Å². The number of hydrogen-bond acceptors (Lipinski definition) is 6. The number of carbonyl (C=O) groups excluding carboxylic acids is 1. The van der Waals surface area contributed by atoms with Crippen LogP contribution in [0.5, 0.6) is 11.6 Å². The number of nitrogens with one attached hydrogen (secondary N) is 1. The second kappa shape index (κ2) is 6.11. The van der Waals surface area contributed by atoms with E-state index in [1.165, 1.54) is 15.9 Å². The molecule has 1 aliphatic rings. The normalized spacial score (nSPS) is 13.0. The molecule has 0 saturated carbocycles. The number of carbonyl (C=O) groups is 1. The zero-order valence-electron chi connectivity index (χ0n) is 14.5. The van der Waals surface area contributed by atoms with E-state index in [1.54, 1.807) is 25.3 Å². The summed E-state index contributed by atoms with van der Waals surface area (Å²) in [6.45, 7) is 0. The van der Waals surface area contributed by atoms with Crippen LogP contribution in [0.3, 0.4) is 0 Å². The van der Waals surface area contributed by atoms with Crippen LogP contribution in [0.4, 0.5) is 0 Å². The molecule has 0 radical (unpaired) electrons. The lowest BCUT2D eigenvalue weighted by Gasteiger charge is -2.00. The molecule has 0 spiro atoms. The molecule has 1 amide bonds. The number of aromatic nitrogens is 3. The Bertz CT molecular complexity index is 1460. The first-order valence-corrected chi connectivity index (χ1v) is 9.51. The number of thiazole rings is 1. The predicted molar refractivity (Wildman–Crippen MR) is 107 cm³/mol. The summed E-state index contributed by atoms with van der Waals surface area (Å²) in [6, 6.07) is 12.7. The van der Waals surface area contributed by atoms with Crippen LogP contribution in [-0.4, -0.2) is 32.7 Å². The minimum atomic E-state index is -0.422. The van der Waals surface area contributed by atoms with Gasteiger partial charge >= 0.3 is 0 Å². The fourth-order valence-corrected chi connectivity index (χ4v) is 4.53. The highest BCUT2D eigenvalue weighted by atomic mass is 32.1. The highest BCUT2D eigenvalue weighted by Gasteiger charge is 2.26. The van der Waals surface area contributed by atoms with Gasteiger partial charge in [0.1, 0.15) is 11.4 Å². The average molecular weight is 408 g/mol. The number of aromatic amines is 1. The summed E-state index contributed by atoms with van der Waals surface area (Å²) in [5, 5.41) is 12.6. The van der Waals surface area contributed by atoms with Gasteiger partial charge < -0.3 is 14.8 Å².